The van der Waals surface area contributed by atoms with Gasteiger partial charge in [0, 0.05) is 5.56 Å². The van der Waals surface area contributed by atoms with E-state index in [1.54, 1.807) is 0 Å². The highest BCUT2D eigenvalue weighted by Gasteiger charge is 2.34. The molecule has 0 heterocycles. The largest absolute Gasteiger partial charge is 0.504 e. The highest BCUT2D eigenvalue weighted by molar-refractivity contribution is 5.70. The fraction of sp³-hybridized carbons (Fsp3) is 0.625. The lowest BCUT2D eigenvalue weighted by Gasteiger charge is -2.29. The Morgan fingerprint density at radius 3 is 1.76 bits per heavy atom. The molecule has 0 bridgehead atoms. The van der Waals surface area contributed by atoms with Gasteiger partial charge in [0.05, 0.1) is 7.11 Å². The smallest absolute Gasteiger partial charge is 0.211 e. The van der Waals surface area contributed by atoms with Gasteiger partial charge < -0.3 is 24.8 Å². The van der Waals surface area contributed by atoms with Gasteiger partial charge in [-0.15, -0.1) is 0 Å². The predicted molar refractivity (Wildman–Crippen MR) is 81.7 cm³/mol. The summed E-state index contributed by atoms with van der Waals surface area (Å²) in [6.07, 6.45) is 0.663. The SMILES string of the molecule is CCC(C)(C)Oc1c(O)c(O)c(C(C)(C)C)c(OC)c1O. The highest BCUT2D eigenvalue weighted by Crippen LogP contribution is 2.56. The van der Waals surface area contributed by atoms with Crippen LogP contribution in [-0.2, 0) is 5.41 Å². The Kier molecular flexibility index (Phi) is 4.56. The van der Waals surface area contributed by atoms with E-state index in [1.807, 2.05) is 41.5 Å². The van der Waals surface area contributed by atoms with Crippen molar-refractivity contribution in [2.75, 3.05) is 7.11 Å². The second kappa shape index (κ2) is 5.54. The number of hydrogen-bond donors (Lipinski definition) is 3. The summed E-state index contributed by atoms with van der Waals surface area (Å²) in [4.78, 5) is 0. The summed E-state index contributed by atoms with van der Waals surface area (Å²) in [7, 11) is 1.40. The van der Waals surface area contributed by atoms with Crippen molar-refractivity contribution in [3.63, 3.8) is 0 Å². The van der Waals surface area contributed by atoms with Crippen molar-refractivity contribution < 1.29 is 24.8 Å². The lowest BCUT2D eigenvalue weighted by molar-refractivity contribution is 0.0949. The molecule has 0 aliphatic heterocycles. The van der Waals surface area contributed by atoms with Crippen LogP contribution in [0.4, 0.5) is 0 Å². The maximum atomic E-state index is 10.4. The van der Waals surface area contributed by atoms with Gasteiger partial charge in [-0.1, -0.05) is 27.7 Å². The number of methoxy groups -OCH3 is 1. The third-order valence-electron chi connectivity index (χ3n) is 3.52. The van der Waals surface area contributed by atoms with Gasteiger partial charge in [-0.05, 0) is 25.7 Å². The van der Waals surface area contributed by atoms with Gasteiger partial charge >= 0.3 is 0 Å². The summed E-state index contributed by atoms with van der Waals surface area (Å²) in [6, 6.07) is 0. The Bertz CT molecular complexity index is 527. The van der Waals surface area contributed by atoms with E-state index in [4.69, 9.17) is 9.47 Å². The van der Waals surface area contributed by atoms with Gasteiger partial charge in [0.1, 0.15) is 5.60 Å². The molecule has 5 heteroatoms. The summed E-state index contributed by atoms with van der Waals surface area (Å²) in [6.45, 7) is 11.1. The van der Waals surface area contributed by atoms with E-state index in [9.17, 15) is 15.3 Å². The molecule has 0 aromatic heterocycles. The molecular formula is C16H26O5. The molecule has 0 unspecified atom stereocenters. The Labute approximate surface area is 126 Å². The molecule has 0 saturated carbocycles. The Morgan fingerprint density at radius 2 is 1.38 bits per heavy atom. The van der Waals surface area contributed by atoms with E-state index >= 15 is 0 Å². The van der Waals surface area contributed by atoms with Crippen LogP contribution in [0.1, 0.15) is 53.5 Å². The van der Waals surface area contributed by atoms with Crippen LogP contribution < -0.4 is 9.47 Å². The molecule has 21 heavy (non-hydrogen) atoms. The zero-order valence-electron chi connectivity index (χ0n) is 13.9. The minimum absolute atomic E-state index is 0.111. The number of hydrogen-bond acceptors (Lipinski definition) is 5. The summed E-state index contributed by atoms with van der Waals surface area (Å²) in [5.74, 6) is -1.16. The first-order valence-electron chi connectivity index (χ1n) is 7.00. The van der Waals surface area contributed by atoms with Crippen molar-refractivity contribution >= 4 is 0 Å². The average Bonchev–Trinajstić information content (AvgIpc) is 2.37. The highest BCUT2D eigenvalue weighted by atomic mass is 16.5. The molecule has 3 N–H and O–H groups in total. The zero-order chi connectivity index (χ0) is 16.6. The van der Waals surface area contributed by atoms with Gasteiger partial charge in [-0.3, -0.25) is 0 Å². The van der Waals surface area contributed by atoms with Gasteiger partial charge in [-0.25, -0.2) is 0 Å². The first kappa shape index (κ1) is 17.3. The number of rotatable bonds is 4. The maximum Gasteiger partial charge on any atom is 0.211 e. The lowest BCUT2D eigenvalue weighted by atomic mass is 9.84. The standard InChI is InChI=1S/C16H26O5/c1-8-16(5,6)21-14-11(18)10(17)9(15(2,3)4)13(20-7)12(14)19/h17-19H,8H2,1-7H3. The second-order valence-corrected chi connectivity index (χ2v) is 6.75. The quantitative estimate of drug-likeness (QED) is 0.584. The maximum absolute atomic E-state index is 10.4. The van der Waals surface area contributed by atoms with E-state index in [2.05, 4.69) is 0 Å². The number of phenols is 3. The van der Waals surface area contributed by atoms with E-state index in [0.29, 0.717) is 12.0 Å². The molecule has 0 amide bonds. The van der Waals surface area contributed by atoms with Crippen molar-refractivity contribution in [1.29, 1.82) is 0 Å². The van der Waals surface area contributed by atoms with Gasteiger partial charge in [0.25, 0.3) is 0 Å². The van der Waals surface area contributed by atoms with E-state index in [1.165, 1.54) is 7.11 Å². The van der Waals surface area contributed by atoms with E-state index in [-0.39, 0.29) is 23.0 Å². The van der Waals surface area contributed by atoms with Crippen LogP contribution in [0.5, 0.6) is 28.7 Å². The van der Waals surface area contributed by atoms with Gasteiger partial charge in [0.15, 0.2) is 11.5 Å². The third-order valence-corrected chi connectivity index (χ3v) is 3.52. The fourth-order valence-corrected chi connectivity index (χ4v) is 2.01. The Morgan fingerprint density at radius 1 is 0.857 bits per heavy atom. The molecule has 1 aromatic carbocycles. The Balaban J connectivity index is 3.62. The normalized spacial score (nSPS) is 12.3. The molecule has 0 aliphatic carbocycles. The minimum atomic E-state index is -0.602. The van der Waals surface area contributed by atoms with E-state index in [0.717, 1.165) is 0 Å². The number of phenolic OH excluding ortho intramolecular Hbond substituents is 3. The van der Waals surface area contributed by atoms with E-state index < -0.39 is 16.8 Å². The topological polar surface area (TPSA) is 79.2 Å². The molecule has 0 saturated heterocycles. The molecule has 5 nitrogen and oxygen atoms in total. The summed E-state index contributed by atoms with van der Waals surface area (Å²) in [5.41, 5.74) is -0.791. The second-order valence-electron chi connectivity index (χ2n) is 6.75. The molecule has 1 aromatic rings. The molecule has 0 aliphatic rings. The lowest BCUT2D eigenvalue weighted by Crippen LogP contribution is -2.27. The fourth-order valence-electron chi connectivity index (χ4n) is 2.01. The summed E-state index contributed by atoms with van der Waals surface area (Å²) >= 11 is 0. The number of benzene rings is 1. The van der Waals surface area contributed by atoms with Crippen LogP contribution in [0.15, 0.2) is 0 Å². The molecule has 0 radical (unpaired) electrons. The number of ether oxygens (including phenoxy) is 2. The van der Waals surface area contributed by atoms with Crippen LogP contribution in [0.2, 0.25) is 0 Å². The van der Waals surface area contributed by atoms with Crippen LogP contribution in [0.3, 0.4) is 0 Å². The zero-order valence-corrected chi connectivity index (χ0v) is 13.9. The van der Waals surface area contributed by atoms with Crippen LogP contribution in [0, 0.1) is 0 Å². The summed E-state index contributed by atoms with van der Waals surface area (Å²) in [5, 5.41) is 30.9. The van der Waals surface area contributed by atoms with Gasteiger partial charge in [0.2, 0.25) is 17.2 Å². The van der Waals surface area contributed by atoms with Crippen LogP contribution in [-0.4, -0.2) is 28.0 Å². The first-order valence-corrected chi connectivity index (χ1v) is 7.00. The van der Waals surface area contributed by atoms with Gasteiger partial charge in [-0.2, -0.15) is 0 Å². The molecular weight excluding hydrogens is 272 g/mol. The molecule has 1 rings (SSSR count). The first-order chi connectivity index (χ1) is 9.46. The monoisotopic (exact) mass is 298 g/mol. The third kappa shape index (κ3) is 3.28. The van der Waals surface area contributed by atoms with Crippen LogP contribution in [0.25, 0.3) is 0 Å². The predicted octanol–water partition coefficient (Wildman–Crippen LogP) is 3.68. The Hall–Kier alpha value is -1.78. The molecule has 120 valence electrons. The van der Waals surface area contributed by atoms with Crippen molar-refractivity contribution in [2.45, 2.75) is 59.0 Å². The number of aromatic hydroxyl groups is 3. The molecule has 0 fully saturated rings. The van der Waals surface area contributed by atoms with Crippen molar-refractivity contribution in [1.82, 2.24) is 0 Å². The minimum Gasteiger partial charge on any atom is -0.504 e. The van der Waals surface area contributed by atoms with Crippen molar-refractivity contribution in [3.05, 3.63) is 5.56 Å². The molecule has 0 spiro atoms. The van der Waals surface area contributed by atoms with Crippen molar-refractivity contribution in [3.8, 4) is 28.7 Å². The van der Waals surface area contributed by atoms with Crippen LogP contribution >= 0.6 is 0 Å². The van der Waals surface area contributed by atoms with Crippen molar-refractivity contribution in [2.24, 2.45) is 0 Å². The molecule has 0 atom stereocenters. The summed E-state index contributed by atoms with van der Waals surface area (Å²) < 4.78 is 10.9. The average molecular weight is 298 g/mol.